The van der Waals surface area contributed by atoms with E-state index in [9.17, 15) is 4.79 Å². The number of thiazole rings is 1. The fourth-order valence-electron chi connectivity index (χ4n) is 1.65. The highest BCUT2D eigenvalue weighted by Crippen LogP contribution is 2.34. The molecule has 114 valence electrons. The molecule has 0 aliphatic carbocycles. The SMILES string of the molecule is CCC(=O)NC(C#CSC)c1sc(-c2cccnc2)nc1Cl. The molecule has 0 radical (unpaired) electrons. The Balaban J connectivity index is 2.35. The predicted octanol–water partition coefficient (Wildman–Crippen LogP) is 3.75. The lowest BCUT2D eigenvalue weighted by atomic mass is 10.2. The van der Waals surface area contributed by atoms with Gasteiger partial charge in [0.2, 0.25) is 5.91 Å². The van der Waals surface area contributed by atoms with Crippen LogP contribution in [0.4, 0.5) is 0 Å². The van der Waals surface area contributed by atoms with Crippen LogP contribution in [0.15, 0.2) is 24.5 Å². The van der Waals surface area contributed by atoms with Gasteiger partial charge in [-0.15, -0.1) is 11.3 Å². The van der Waals surface area contributed by atoms with E-state index in [4.69, 9.17) is 11.6 Å². The number of carbonyl (C=O) groups is 1. The smallest absolute Gasteiger partial charge is 0.220 e. The molecule has 2 heterocycles. The number of rotatable bonds is 4. The van der Waals surface area contributed by atoms with E-state index in [0.29, 0.717) is 11.6 Å². The van der Waals surface area contributed by atoms with E-state index in [2.05, 4.69) is 26.5 Å². The Labute approximate surface area is 142 Å². The summed E-state index contributed by atoms with van der Waals surface area (Å²) in [5, 5.41) is 6.90. The second kappa shape index (κ2) is 8.18. The van der Waals surface area contributed by atoms with Crippen molar-refractivity contribution in [2.75, 3.05) is 6.26 Å². The summed E-state index contributed by atoms with van der Waals surface area (Å²) in [7, 11) is 0. The van der Waals surface area contributed by atoms with Crippen molar-refractivity contribution in [2.24, 2.45) is 0 Å². The Morgan fingerprint density at radius 1 is 1.59 bits per heavy atom. The van der Waals surface area contributed by atoms with Gasteiger partial charge in [0, 0.05) is 24.4 Å². The van der Waals surface area contributed by atoms with Gasteiger partial charge in [0.05, 0.1) is 4.88 Å². The van der Waals surface area contributed by atoms with Crippen LogP contribution in [0.3, 0.4) is 0 Å². The van der Waals surface area contributed by atoms with E-state index in [1.165, 1.54) is 23.1 Å². The van der Waals surface area contributed by atoms with Crippen LogP contribution in [0.1, 0.15) is 24.3 Å². The molecule has 0 saturated carbocycles. The maximum atomic E-state index is 11.7. The topological polar surface area (TPSA) is 54.9 Å². The standard InChI is InChI=1S/C15H14ClN3OS2/c1-3-12(20)18-11(6-8-21-2)13-14(16)19-15(22-13)10-5-4-7-17-9-10/h4-5,7,9,11H,3H2,1-2H3,(H,18,20). The molecule has 0 aliphatic heterocycles. The molecule has 4 nitrogen and oxygen atoms in total. The minimum Gasteiger partial charge on any atom is -0.338 e. The molecule has 1 unspecified atom stereocenters. The first-order chi connectivity index (χ1) is 10.7. The van der Waals surface area contributed by atoms with Crippen molar-refractivity contribution < 1.29 is 4.79 Å². The second-order valence-electron chi connectivity index (χ2n) is 4.22. The van der Waals surface area contributed by atoms with Crippen LogP contribution in [0, 0.1) is 11.2 Å². The van der Waals surface area contributed by atoms with Crippen molar-refractivity contribution in [3.63, 3.8) is 0 Å². The van der Waals surface area contributed by atoms with Crippen LogP contribution < -0.4 is 5.32 Å². The molecular weight excluding hydrogens is 338 g/mol. The van der Waals surface area contributed by atoms with Gasteiger partial charge in [-0.05, 0) is 23.6 Å². The number of hydrogen-bond acceptors (Lipinski definition) is 5. The first-order valence-corrected chi connectivity index (χ1v) is 8.97. The summed E-state index contributed by atoms with van der Waals surface area (Å²) in [6.07, 6.45) is 5.70. The molecule has 2 aromatic rings. The summed E-state index contributed by atoms with van der Waals surface area (Å²) in [6.45, 7) is 1.80. The van der Waals surface area contributed by atoms with Crippen LogP contribution in [0.25, 0.3) is 10.6 Å². The second-order valence-corrected chi connectivity index (χ2v) is 6.22. The monoisotopic (exact) mass is 351 g/mol. The Hall–Kier alpha value is -1.55. The lowest BCUT2D eigenvalue weighted by Gasteiger charge is -2.10. The van der Waals surface area contributed by atoms with Gasteiger partial charge in [0.15, 0.2) is 0 Å². The third-order valence-electron chi connectivity index (χ3n) is 2.71. The average Bonchev–Trinajstić information content (AvgIpc) is 2.94. The third-order valence-corrected chi connectivity index (χ3v) is 4.60. The summed E-state index contributed by atoms with van der Waals surface area (Å²) in [5.41, 5.74) is 0.888. The molecule has 2 aromatic heterocycles. The lowest BCUT2D eigenvalue weighted by molar-refractivity contribution is -0.121. The summed E-state index contributed by atoms with van der Waals surface area (Å²) in [6, 6.07) is 3.31. The molecule has 1 amide bonds. The maximum absolute atomic E-state index is 11.7. The summed E-state index contributed by atoms with van der Waals surface area (Å²) in [4.78, 5) is 20.9. The van der Waals surface area contributed by atoms with E-state index in [1.807, 2.05) is 18.4 Å². The molecule has 1 atom stereocenters. The fraction of sp³-hybridized carbons (Fsp3) is 0.267. The van der Waals surface area contributed by atoms with Gasteiger partial charge < -0.3 is 5.32 Å². The normalized spacial score (nSPS) is 11.4. The maximum Gasteiger partial charge on any atom is 0.220 e. The molecule has 0 bridgehead atoms. The Morgan fingerprint density at radius 2 is 2.41 bits per heavy atom. The minimum absolute atomic E-state index is 0.0761. The van der Waals surface area contributed by atoms with Crippen LogP contribution in [-0.2, 0) is 4.79 Å². The molecule has 22 heavy (non-hydrogen) atoms. The van der Waals surface area contributed by atoms with Gasteiger partial charge in [0.1, 0.15) is 16.2 Å². The molecule has 2 rings (SSSR count). The lowest BCUT2D eigenvalue weighted by Crippen LogP contribution is -2.26. The van der Waals surface area contributed by atoms with Gasteiger partial charge >= 0.3 is 0 Å². The van der Waals surface area contributed by atoms with E-state index in [1.54, 1.807) is 19.3 Å². The van der Waals surface area contributed by atoms with Gasteiger partial charge in [-0.25, -0.2) is 4.98 Å². The zero-order valence-corrected chi connectivity index (χ0v) is 14.5. The number of aromatic nitrogens is 2. The third kappa shape index (κ3) is 4.23. The number of nitrogens with one attached hydrogen (secondary N) is 1. The highest BCUT2D eigenvalue weighted by Gasteiger charge is 2.20. The zero-order chi connectivity index (χ0) is 15.9. The van der Waals surface area contributed by atoms with Crippen molar-refractivity contribution in [3.05, 3.63) is 34.6 Å². The molecule has 0 fully saturated rings. The summed E-state index contributed by atoms with van der Waals surface area (Å²) in [5.74, 6) is 2.93. The van der Waals surface area contributed by atoms with Crippen LogP contribution in [0.2, 0.25) is 5.15 Å². The quantitative estimate of drug-likeness (QED) is 0.852. The van der Waals surface area contributed by atoms with Crippen LogP contribution in [-0.4, -0.2) is 22.1 Å². The first kappa shape index (κ1) is 16.8. The number of hydrogen-bond donors (Lipinski definition) is 1. The molecule has 0 saturated heterocycles. The number of carbonyl (C=O) groups excluding carboxylic acids is 1. The molecular formula is C15H14ClN3OS2. The fourth-order valence-corrected chi connectivity index (χ4v) is 3.20. The Bertz CT molecular complexity index is 707. The van der Waals surface area contributed by atoms with Crippen molar-refractivity contribution >= 4 is 40.6 Å². The number of pyridine rings is 1. The van der Waals surface area contributed by atoms with Crippen LogP contribution >= 0.6 is 34.7 Å². The largest absolute Gasteiger partial charge is 0.338 e. The average molecular weight is 352 g/mol. The molecule has 0 aliphatic rings. The number of halogens is 1. The van der Waals surface area contributed by atoms with Gasteiger partial charge in [-0.2, -0.15) is 0 Å². The zero-order valence-electron chi connectivity index (χ0n) is 12.1. The minimum atomic E-state index is -0.449. The number of amides is 1. The Morgan fingerprint density at radius 3 is 3.05 bits per heavy atom. The summed E-state index contributed by atoms with van der Waals surface area (Å²) < 4.78 is 0. The first-order valence-electron chi connectivity index (χ1n) is 6.55. The molecule has 0 aromatic carbocycles. The van der Waals surface area contributed by atoms with Gasteiger partial charge in [-0.3, -0.25) is 9.78 Å². The Kier molecular flexibility index (Phi) is 6.25. The van der Waals surface area contributed by atoms with Crippen molar-refractivity contribution in [3.8, 4) is 21.7 Å². The molecule has 1 N–H and O–H groups in total. The number of nitrogens with zero attached hydrogens (tertiary/aromatic N) is 2. The van der Waals surface area contributed by atoms with Crippen LogP contribution in [0.5, 0.6) is 0 Å². The molecule has 0 spiro atoms. The van der Waals surface area contributed by atoms with Gasteiger partial charge in [0.25, 0.3) is 0 Å². The van der Waals surface area contributed by atoms with E-state index in [-0.39, 0.29) is 5.91 Å². The van der Waals surface area contributed by atoms with E-state index >= 15 is 0 Å². The highest BCUT2D eigenvalue weighted by atomic mass is 35.5. The highest BCUT2D eigenvalue weighted by molar-refractivity contribution is 8.03. The van der Waals surface area contributed by atoms with Crippen molar-refractivity contribution in [1.29, 1.82) is 0 Å². The van der Waals surface area contributed by atoms with Gasteiger partial charge in [-0.1, -0.05) is 36.2 Å². The van der Waals surface area contributed by atoms with E-state index < -0.39 is 6.04 Å². The number of thioether (sulfide) groups is 1. The van der Waals surface area contributed by atoms with Crippen molar-refractivity contribution in [2.45, 2.75) is 19.4 Å². The van der Waals surface area contributed by atoms with Crippen molar-refractivity contribution in [1.82, 2.24) is 15.3 Å². The predicted molar refractivity (Wildman–Crippen MR) is 92.8 cm³/mol. The van der Waals surface area contributed by atoms with E-state index in [0.717, 1.165) is 15.4 Å². The molecule has 7 heteroatoms. The summed E-state index contributed by atoms with van der Waals surface area (Å²) >= 11 is 9.05.